The van der Waals surface area contributed by atoms with Crippen molar-refractivity contribution in [3.05, 3.63) is 28.2 Å². The summed E-state index contributed by atoms with van der Waals surface area (Å²) in [6, 6.07) is 4.66. The molecule has 0 atom stereocenters. The molecular formula is C13H18Cl2N2O2S. The molecule has 20 heavy (non-hydrogen) atoms. The first-order valence-corrected chi connectivity index (χ1v) is 8.73. The second-order valence-electron chi connectivity index (χ2n) is 5.03. The van der Waals surface area contributed by atoms with E-state index in [9.17, 15) is 8.42 Å². The van der Waals surface area contributed by atoms with Crippen LogP contribution in [0.1, 0.15) is 12.8 Å². The summed E-state index contributed by atoms with van der Waals surface area (Å²) in [6.07, 6.45) is 1.98. The van der Waals surface area contributed by atoms with E-state index in [2.05, 4.69) is 5.32 Å². The topological polar surface area (TPSA) is 49.4 Å². The first kappa shape index (κ1) is 16.0. The Bertz CT molecular complexity index is 572. The summed E-state index contributed by atoms with van der Waals surface area (Å²) in [5.41, 5.74) is 0. The van der Waals surface area contributed by atoms with Gasteiger partial charge in [0.05, 0.1) is 10.0 Å². The van der Waals surface area contributed by atoms with Gasteiger partial charge in [-0.1, -0.05) is 29.3 Å². The predicted molar refractivity (Wildman–Crippen MR) is 81.9 cm³/mol. The Kier molecular flexibility index (Phi) is 5.31. The van der Waals surface area contributed by atoms with E-state index < -0.39 is 10.0 Å². The maximum Gasteiger partial charge on any atom is 0.244 e. The smallest absolute Gasteiger partial charge is 0.244 e. The number of nitrogens with zero attached hydrogens (tertiary/aromatic N) is 1. The molecule has 0 bridgehead atoms. The number of nitrogens with one attached hydrogen (secondary N) is 1. The highest BCUT2D eigenvalue weighted by atomic mass is 35.5. The first-order chi connectivity index (χ1) is 9.43. The molecule has 0 aromatic heterocycles. The Balaban J connectivity index is 2.18. The maximum absolute atomic E-state index is 12.5. The number of rotatable bonds is 4. The van der Waals surface area contributed by atoms with E-state index in [4.69, 9.17) is 23.2 Å². The van der Waals surface area contributed by atoms with E-state index in [0.717, 1.165) is 25.9 Å². The second kappa shape index (κ2) is 6.62. The molecule has 0 unspecified atom stereocenters. The molecular weight excluding hydrogens is 319 g/mol. The Labute approximate surface area is 130 Å². The van der Waals surface area contributed by atoms with Crippen molar-refractivity contribution in [3.63, 3.8) is 0 Å². The molecule has 1 N–H and O–H groups in total. The lowest BCUT2D eigenvalue weighted by Crippen LogP contribution is -2.37. The summed E-state index contributed by atoms with van der Waals surface area (Å²) in [4.78, 5) is 0.0723. The Morgan fingerprint density at radius 1 is 1.30 bits per heavy atom. The van der Waals surface area contributed by atoms with Gasteiger partial charge in [0.2, 0.25) is 10.0 Å². The van der Waals surface area contributed by atoms with E-state index in [-0.39, 0.29) is 14.9 Å². The number of hydrogen-bond donors (Lipinski definition) is 1. The van der Waals surface area contributed by atoms with Gasteiger partial charge in [0.1, 0.15) is 4.90 Å². The lowest BCUT2D eigenvalue weighted by molar-refractivity contribution is 0.311. The standard InChI is InChI=1S/C13H18Cl2N2O2S/c1-17(9-10-5-7-16-8-6-10)20(18,19)12-4-2-3-11(14)13(12)15/h2-4,10,16H,5-9H2,1H3. The summed E-state index contributed by atoms with van der Waals surface area (Å²) < 4.78 is 26.5. The molecule has 1 aliphatic heterocycles. The quantitative estimate of drug-likeness (QED) is 0.919. The van der Waals surface area contributed by atoms with Crippen LogP contribution in [0.3, 0.4) is 0 Å². The zero-order chi connectivity index (χ0) is 14.8. The van der Waals surface area contributed by atoms with Gasteiger partial charge in [-0.25, -0.2) is 12.7 Å². The van der Waals surface area contributed by atoms with Gasteiger partial charge in [-0.2, -0.15) is 0 Å². The van der Waals surface area contributed by atoms with Gasteiger partial charge in [0.15, 0.2) is 0 Å². The summed E-state index contributed by atoms with van der Waals surface area (Å²) in [5.74, 6) is 0.383. The monoisotopic (exact) mass is 336 g/mol. The summed E-state index contributed by atoms with van der Waals surface area (Å²) in [5, 5.41) is 3.61. The molecule has 7 heteroatoms. The fraction of sp³-hybridized carbons (Fsp3) is 0.538. The molecule has 112 valence electrons. The number of sulfonamides is 1. The Hall–Kier alpha value is -0.330. The van der Waals surface area contributed by atoms with E-state index in [1.807, 2.05) is 0 Å². The van der Waals surface area contributed by atoms with Crippen molar-refractivity contribution in [2.75, 3.05) is 26.7 Å². The molecule has 1 fully saturated rings. The number of hydrogen-bond acceptors (Lipinski definition) is 3. The molecule has 4 nitrogen and oxygen atoms in total. The van der Waals surface area contributed by atoms with Gasteiger partial charge >= 0.3 is 0 Å². The van der Waals surface area contributed by atoms with Gasteiger partial charge in [-0.05, 0) is 44.0 Å². The molecule has 1 aromatic rings. The Morgan fingerprint density at radius 2 is 1.95 bits per heavy atom. The lowest BCUT2D eigenvalue weighted by atomic mass is 9.98. The van der Waals surface area contributed by atoms with Crippen molar-refractivity contribution < 1.29 is 8.42 Å². The van der Waals surface area contributed by atoms with E-state index in [0.29, 0.717) is 12.5 Å². The average Bonchev–Trinajstić information content (AvgIpc) is 2.42. The second-order valence-corrected chi connectivity index (χ2v) is 7.83. The van der Waals surface area contributed by atoms with Crippen molar-refractivity contribution in [1.82, 2.24) is 9.62 Å². The molecule has 1 aliphatic rings. The first-order valence-electron chi connectivity index (χ1n) is 6.54. The van der Waals surface area contributed by atoms with Crippen LogP contribution in [0, 0.1) is 5.92 Å². The zero-order valence-electron chi connectivity index (χ0n) is 11.3. The van der Waals surface area contributed by atoms with E-state index in [1.165, 1.54) is 10.4 Å². The number of halogens is 2. The van der Waals surface area contributed by atoms with Crippen LogP contribution in [0.4, 0.5) is 0 Å². The van der Waals surface area contributed by atoms with Crippen LogP contribution < -0.4 is 5.32 Å². The normalized spacial score (nSPS) is 17.6. The van der Waals surface area contributed by atoms with Crippen molar-refractivity contribution in [1.29, 1.82) is 0 Å². The van der Waals surface area contributed by atoms with Crippen molar-refractivity contribution in [2.45, 2.75) is 17.7 Å². The SMILES string of the molecule is CN(CC1CCNCC1)S(=O)(=O)c1cccc(Cl)c1Cl. The van der Waals surface area contributed by atoms with Gasteiger partial charge in [0, 0.05) is 13.6 Å². The number of benzene rings is 1. The van der Waals surface area contributed by atoms with Gasteiger partial charge in [-0.15, -0.1) is 0 Å². The van der Waals surface area contributed by atoms with Crippen LogP contribution >= 0.6 is 23.2 Å². The molecule has 0 saturated carbocycles. The predicted octanol–water partition coefficient (Wildman–Crippen LogP) is 2.61. The van der Waals surface area contributed by atoms with Gasteiger partial charge < -0.3 is 5.32 Å². The average molecular weight is 337 g/mol. The molecule has 0 aliphatic carbocycles. The van der Waals surface area contributed by atoms with Crippen LogP contribution in [0.15, 0.2) is 23.1 Å². The fourth-order valence-electron chi connectivity index (χ4n) is 2.38. The van der Waals surface area contributed by atoms with Gasteiger partial charge in [0.25, 0.3) is 0 Å². The van der Waals surface area contributed by atoms with Crippen molar-refractivity contribution in [2.24, 2.45) is 5.92 Å². The van der Waals surface area contributed by atoms with Crippen LogP contribution in [0.25, 0.3) is 0 Å². The molecule has 1 saturated heterocycles. The van der Waals surface area contributed by atoms with Gasteiger partial charge in [-0.3, -0.25) is 0 Å². The Morgan fingerprint density at radius 3 is 2.60 bits per heavy atom. The minimum Gasteiger partial charge on any atom is -0.317 e. The summed E-state index contributed by atoms with van der Waals surface area (Å²) in [6.45, 7) is 2.39. The summed E-state index contributed by atoms with van der Waals surface area (Å²) >= 11 is 11.9. The maximum atomic E-state index is 12.5. The van der Waals surface area contributed by atoms with Crippen LogP contribution in [0.5, 0.6) is 0 Å². The molecule has 2 rings (SSSR count). The van der Waals surface area contributed by atoms with Crippen LogP contribution in [0.2, 0.25) is 10.0 Å². The van der Waals surface area contributed by atoms with E-state index in [1.54, 1.807) is 19.2 Å². The summed E-state index contributed by atoms with van der Waals surface area (Å²) in [7, 11) is -2.00. The van der Waals surface area contributed by atoms with Crippen molar-refractivity contribution >= 4 is 33.2 Å². The highest BCUT2D eigenvalue weighted by Crippen LogP contribution is 2.31. The largest absolute Gasteiger partial charge is 0.317 e. The minimum atomic E-state index is -3.59. The minimum absolute atomic E-state index is 0.0723. The zero-order valence-corrected chi connectivity index (χ0v) is 13.6. The van der Waals surface area contributed by atoms with E-state index >= 15 is 0 Å². The van der Waals surface area contributed by atoms with Crippen LogP contribution in [-0.4, -0.2) is 39.4 Å². The molecule has 1 heterocycles. The lowest BCUT2D eigenvalue weighted by Gasteiger charge is -2.27. The highest BCUT2D eigenvalue weighted by molar-refractivity contribution is 7.89. The fourth-order valence-corrected chi connectivity index (χ4v) is 4.36. The molecule has 0 spiro atoms. The third-order valence-corrected chi connectivity index (χ3v) is 6.38. The highest BCUT2D eigenvalue weighted by Gasteiger charge is 2.27. The van der Waals surface area contributed by atoms with Crippen molar-refractivity contribution in [3.8, 4) is 0 Å². The molecule has 0 radical (unpaired) electrons. The van der Waals surface area contributed by atoms with Crippen LogP contribution in [-0.2, 0) is 10.0 Å². The molecule has 0 amide bonds. The number of piperidine rings is 1. The third kappa shape index (κ3) is 3.46. The molecule has 1 aromatic carbocycles. The third-order valence-electron chi connectivity index (χ3n) is 3.58.